The van der Waals surface area contributed by atoms with Gasteiger partial charge in [0.1, 0.15) is 0 Å². The van der Waals surface area contributed by atoms with Crippen LogP contribution >= 0.6 is 11.6 Å². The van der Waals surface area contributed by atoms with Crippen LogP contribution in [-0.2, 0) is 6.42 Å². The Morgan fingerprint density at radius 2 is 1.73 bits per heavy atom. The Labute approximate surface area is 138 Å². The van der Waals surface area contributed by atoms with Crippen molar-refractivity contribution in [3.8, 4) is 5.69 Å². The van der Waals surface area contributed by atoms with Gasteiger partial charge in [-0.2, -0.15) is 0 Å². The molecule has 0 amide bonds. The predicted molar refractivity (Wildman–Crippen MR) is 93.0 cm³/mol. The molecule has 4 heteroatoms. The lowest BCUT2D eigenvalue weighted by Gasteiger charge is -2.32. The summed E-state index contributed by atoms with van der Waals surface area (Å²) in [6, 6.07) is 12.4. The zero-order valence-electron chi connectivity index (χ0n) is 13.2. The second kappa shape index (κ2) is 7.32. The van der Waals surface area contributed by atoms with Crippen molar-refractivity contribution in [1.29, 1.82) is 0 Å². The van der Waals surface area contributed by atoms with Gasteiger partial charge in [-0.3, -0.25) is 0 Å². The fraction of sp³-hybridized carbons (Fsp3) is 0.444. The largest absolute Gasteiger partial charge is 0.321 e. The van der Waals surface area contributed by atoms with Crippen LogP contribution in [-0.4, -0.2) is 54.1 Å². The fourth-order valence-corrected chi connectivity index (χ4v) is 3.15. The summed E-state index contributed by atoms with van der Waals surface area (Å²) in [4.78, 5) is 4.98. The van der Waals surface area contributed by atoms with Gasteiger partial charge in [-0.05, 0) is 62.8 Å². The minimum atomic E-state index is 0.785. The zero-order chi connectivity index (χ0) is 15.4. The lowest BCUT2D eigenvalue weighted by molar-refractivity contribution is 0.153. The van der Waals surface area contributed by atoms with Gasteiger partial charge >= 0.3 is 0 Å². The Morgan fingerprint density at radius 1 is 1.00 bits per heavy atom. The van der Waals surface area contributed by atoms with Crippen molar-refractivity contribution in [2.75, 3.05) is 39.8 Å². The van der Waals surface area contributed by atoms with Crippen molar-refractivity contribution in [3.05, 3.63) is 53.3 Å². The molecular formula is C18H24ClN3. The molecule has 0 unspecified atom stereocenters. The van der Waals surface area contributed by atoms with E-state index in [9.17, 15) is 0 Å². The van der Waals surface area contributed by atoms with E-state index in [0.29, 0.717) is 0 Å². The third kappa shape index (κ3) is 3.92. The van der Waals surface area contributed by atoms with Gasteiger partial charge in [0.25, 0.3) is 0 Å². The van der Waals surface area contributed by atoms with Gasteiger partial charge in [0, 0.05) is 48.8 Å². The van der Waals surface area contributed by atoms with Gasteiger partial charge in [-0.25, -0.2) is 0 Å². The summed E-state index contributed by atoms with van der Waals surface area (Å²) in [6.45, 7) is 5.99. The van der Waals surface area contributed by atoms with Crippen LogP contribution in [0.15, 0.2) is 42.6 Å². The van der Waals surface area contributed by atoms with E-state index >= 15 is 0 Å². The first kappa shape index (κ1) is 15.6. The maximum absolute atomic E-state index is 5.97. The average Bonchev–Trinajstić information content (AvgIpc) is 2.98. The summed E-state index contributed by atoms with van der Waals surface area (Å²) >= 11 is 5.97. The highest BCUT2D eigenvalue weighted by Crippen LogP contribution is 2.17. The second-order valence-electron chi connectivity index (χ2n) is 6.09. The quantitative estimate of drug-likeness (QED) is 0.838. The van der Waals surface area contributed by atoms with E-state index < -0.39 is 0 Å². The third-order valence-corrected chi connectivity index (χ3v) is 4.69. The standard InChI is InChI=1S/C18H24ClN3/c1-20-12-14-21(15-13-20)10-2-4-17-5-3-11-22(17)18-8-6-16(19)7-9-18/h3,5-9,11H,2,4,10,12-15H2,1H3. The normalized spacial score (nSPS) is 17.0. The van der Waals surface area contributed by atoms with Crippen LogP contribution in [0.2, 0.25) is 5.02 Å². The summed E-state index contributed by atoms with van der Waals surface area (Å²) in [5, 5.41) is 0.785. The van der Waals surface area contributed by atoms with Crippen LogP contribution in [0.1, 0.15) is 12.1 Å². The van der Waals surface area contributed by atoms with Crippen LogP contribution in [0.3, 0.4) is 0 Å². The molecule has 118 valence electrons. The smallest absolute Gasteiger partial charge is 0.0453 e. The van der Waals surface area contributed by atoms with Gasteiger partial charge < -0.3 is 14.4 Å². The van der Waals surface area contributed by atoms with Gasteiger partial charge in [0.2, 0.25) is 0 Å². The Bertz CT molecular complexity index is 583. The minimum Gasteiger partial charge on any atom is -0.321 e. The second-order valence-corrected chi connectivity index (χ2v) is 6.53. The third-order valence-electron chi connectivity index (χ3n) is 4.44. The number of likely N-dealkylation sites (N-methyl/N-ethyl adjacent to an activating group) is 1. The van der Waals surface area contributed by atoms with Crippen LogP contribution < -0.4 is 0 Å². The van der Waals surface area contributed by atoms with Gasteiger partial charge in [0.05, 0.1) is 0 Å². The maximum Gasteiger partial charge on any atom is 0.0453 e. The lowest BCUT2D eigenvalue weighted by Crippen LogP contribution is -2.44. The molecule has 0 N–H and O–H groups in total. The number of halogens is 1. The molecule has 1 aliphatic rings. The molecule has 0 saturated carbocycles. The van der Waals surface area contributed by atoms with E-state index in [1.165, 1.54) is 50.5 Å². The molecule has 3 rings (SSSR count). The summed E-state index contributed by atoms with van der Waals surface area (Å²) < 4.78 is 2.26. The zero-order valence-corrected chi connectivity index (χ0v) is 14.0. The number of hydrogen-bond donors (Lipinski definition) is 0. The molecule has 0 bridgehead atoms. The molecule has 1 aliphatic heterocycles. The average molecular weight is 318 g/mol. The van der Waals surface area contributed by atoms with Crippen LogP contribution in [0.5, 0.6) is 0 Å². The highest BCUT2D eigenvalue weighted by atomic mass is 35.5. The van der Waals surface area contributed by atoms with E-state index in [1.54, 1.807) is 0 Å². The molecule has 22 heavy (non-hydrogen) atoms. The van der Waals surface area contributed by atoms with Crippen molar-refractivity contribution in [2.45, 2.75) is 12.8 Å². The molecule has 2 aromatic rings. The van der Waals surface area contributed by atoms with Gasteiger partial charge in [0.15, 0.2) is 0 Å². The number of hydrogen-bond acceptors (Lipinski definition) is 2. The molecule has 2 heterocycles. The lowest BCUT2D eigenvalue weighted by atomic mass is 10.2. The van der Waals surface area contributed by atoms with E-state index in [2.05, 4.69) is 51.9 Å². The molecule has 3 nitrogen and oxygen atoms in total. The summed E-state index contributed by atoms with van der Waals surface area (Å²) in [7, 11) is 2.20. The number of rotatable bonds is 5. The topological polar surface area (TPSA) is 11.4 Å². The molecular weight excluding hydrogens is 294 g/mol. The molecule has 1 fully saturated rings. The predicted octanol–water partition coefficient (Wildman–Crippen LogP) is 3.31. The number of aryl methyl sites for hydroxylation is 1. The van der Waals surface area contributed by atoms with Crippen molar-refractivity contribution in [2.24, 2.45) is 0 Å². The molecule has 1 aromatic carbocycles. The SMILES string of the molecule is CN1CCN(CCCc2cccn2-c2ccc(Cl)cc2)CC1. The number of nitrogens with zero attached hydrogens (tertiary/aromatic N) is 3. The molecule has 0 aliphatic carbocycles. The van der Waals surface area contributed by atoms with Crippen LogP contribution in [0.25, 0.3) is 5.69 Å². The number of piperazine rings is 1. The first-order valence-electron chi connectivity index (χ1n) is 8.05. The van der Waals surface area contributed by atoms with Crippen LogP contribution in [0, 0.1) is 0 Å². The number of benzene rings is 1. The van der Waals surface area contributed by atoms with E-state index in [0.717, 1.165) is 11.4 Å². The Hall–Kier alpha value is -1.29. The van der Waals surface area contributed by atoms with E-state index in [-0.39, 0.29) is 0 Å². The monoisotopic (exact) mass is 317 g/mol. The molecule has 1 saturated heterocycles. The van der Waals surface area contributed by atoms with Crippen molar-refractivity contribution < 1.29 is 0 Å². The summed E-state index contributed by atoms with van der Waals surface area (Å²) in [5.74, 6) is 0. The number of aromatic nitrogens is 1. The maximum atomic E-state index is 5.97. The van der Waals surface area contributed by atoms with Crippen molar-refractivity contribution >= 4 is 11.6 Å². The minimum absolute atomic E-state index is 0.785. The molecule has 0 radical (unpaired) electrons. The summed E-state index contributed by atoms with van der Waals surface area (Å²) in [6.07, 6.45) is 4.46. The first-order chi connectivity index (χ1) is 10.7. The highest BCUT2D eigenvalue weighted by Gasteiger charge is 2.13. The van der Waals surface area contributed by atoms with E-state index in [4.69, 9.17) is 11.6 Å². The van der Waals surface area contributed by atoms with Crippen molar-refractivity contribution in [3.63, 3.8) is 0 Å². The van der Waals surface area contributed by atoms with Crippen LogP contribution in [0.4, 0.5) is 0 Å². The van der Waals surface area contributed by atoms with Crippen molar-refractivity contribution in [1.82, 2.24) is 14.4 Å². The van der Waals surface area contributed by atoms with E-state index in [1.807, 2.05) is 12.1 Å². The Kier molecular flexibility index (Phi) is 5.19. The van der Waals surface area contributed by atoms with Gasteiger partial charge in [-0.1, -0.05) is 11.6 Å². The summed E-state index contributed by atoms with van der Waals surface area (Å²) in [5.41, 5.74) is 2.56. The fourth-order valence-electron chi connectivity index (χ4n) is 3.03. The molecule has 1 aromatic heterocycles. The highest BCUT2D eigenvalue weighted by molar-refractivity contribution is 6.30. The van der Waals surface area contributed by atoms with Gasteiger partial charge in [-0.15, -0.1) is 0 Å². The molecule has 0 atom stereocenters. The first-order valence-corrected chi connectivity index (χ1v) is 8.43. The molecule has 0 spiro atoms. The Balaban J connectivity index is 1.55. The Morgan fingerprint density at radius 3 is 2.45 bits per heavy atom.